The Morgan fingerprint density at radius 3 is 2.41 bits per heavy atom. The van der Waals surface area contributed by atoms with Crippen LogP contribution in [0.25, 0.3) is 22.0 Å². The molecule has 0 aliphatic heterocycles. The first-order valence-electron chi connectivity index (χ1n) is 6.85. The molecule has 112 valence electrons. The molecule has 3 N–H and O–H groups in total. The molecule has 0 saturated heterocycles. The van der Waals surface area contributed by atoms with Gasteiger partial charge in [-0.15, -0.1) is 0 Å². The summed E-state index contributed by atoms with van der Waals surface area (Å²) >= 11 is 0. The molecule has 0 bridgehead atoms. The van der Waals surface area contributed by atoms with Gasteiger partial charge in [0.15, 0.2) is 0 Å². The number of fused-ring (bicyclic) bond motifs is 1. The molecular weight excluding hydrogens is 278 g/mol. The zero-order valence-electron chi connectivity index (χ0n) is 12.5. The summed E-state index contributed by atoms with van der Waals surface area (Å²) in [5.41, 5.74) is 5.36. The van der Waals surface area contributed by atoms with E-state index in [4.69, 9.17) is 15.3 Å². The molecule has 5 heteroatoms. The third-order valence-electron chi connectivity index (χ3n) is 3.53. The highest BCUT2D eigenvalue weighted by Crippen LogP contribution is 2.35. The largest absolute Gasteiger partial charge is 0.497 e. The minimum atomic E-state index is 0.599. The molecule has 0 aliphatic rings. The number of rotatable bonds is 4. The second-order valence-corrected chi connectivity index (χ2v) is 4.80. The maximum absolute atomic E-state index is 5.65. The number of benzene rings is 2. The number of nitrogens with two attached hydrogens (primary N) is 1. The number of anilines is 1. The lowest BCUT2D eigenvalue weighted by Gasteiger charge is -2.13. The van der Waals surface area contributed by atoms with Gasteiger partial charge in [-0.2, -0.15) is 0 Å². The monoisotopic (exact) mass is 295 g/mol. The minimum absolute atomic E-state index is 0.599. The van der Waals surface area contributed by atoms with Crippen molar-refractivity contribution >= 4 is 16.7 Å². The van der Waals surface area contributed by atoms with Crippen molar-refractivity contribution in [3.8, 4) is 22.6 Å². The molecule has 0 spiro atoms. The van der Waals surface area contributed by atoms with E-state index in [9.17, 15) is 0 Å². The van der Waals surface area contributed by atoms with Gasteiger partial charge in [-0.1, -0.05) is 30.3 Å². The van der Waals surface area contributed by atoms with E-state index in [1.165, 1.54) is 0 Å². The molecule has 0 radical (unpaired) electrons. The molecule has 0 fully saturated rings. The van der Waals surface area contributed by atoms with E-state index in [1.54, 1.807) is 20.3 Å². The molecular formula is C17H17N3O2. The van der Waals surface area contributed by atoms with Gasteiger partial charge in [-0.25, -0.2) is 10.8 Å². The average Bonchev–Trinajstić information content (AvgIpc) is 2.60. The van der Waals surface area contributed by atoms with Gasteiger partial charge in [0, 0.05) is 17.0 Å². The fraction of sp³-hybridized carbons (Fsp3) is 0.118. The third kappa shape index (κ3) is 2.42. The Kier molecular flexibility index (Phi) is 3.80. The highest BCUT2D eigenvalue weighted by Gasteiger charge is 2.12. The van der Waals surface area contributed by atoms with E-state index in [0.717, 1.165) is 27.8 Å². The number of nitrogens with one attached hydrogen (secondary N) is 1. The molecule has 5 nitrogen and oxygen atoms in total. The van der Waals surface area contributed by atoms with Crippen LogP contribution < -0.4 is 20.7 Å². The summed E-state index contributed by atoms with van der Waals surface area (Å²) in [6.07, 6.45) is 0. The first-order valence-corrected chi connectivity index (χ1v) is 6.85. The average molecular weight is 295 g/mol. The van der Waals surface area contributed by atoms with Crippen LogP contribution in [-0.2, 0) is 0 Å². The number of nitrogens with zero attached hydrogens (tertiary/aromatic N) is 1. The molecule has 2 aromatic carbocycles. The number of methoxy groups -OCH3 is 2. The van der Waals surface area contributed by atoms with Gasteiger partial charge < -0.3 is 14.9 Å². The lowest BCUT2D eigenvalue weighted by molar-refractivity contribution is 0.397. The summed E-state index contributed by atoms with van der Waals surface area (Å²) in [6, 6.07) is 15.7. The van der Waals surface area contributed by atoms with Gasteiger partial charge in [-0.05, 0) is 17.7 Å². The summed E-state index contributed by atoms with van der Waals surface area (Å²) < 4.78 is 10.7. The molecule has 0 saturated carbocycles. The lowest BCUT2D eigenvalue weighted by Crippen LogP contribution is -2.10. The van der Waals surface area contributed by atoms with Gasteiger partial charge >= 0.3 is 0 Å². The first kappa shape index (κ1) is 14.2. The maximum Gasteiger partial charge on any atom is 0.148 e. The predicted octanol–water partition coefficient (Wildman–Crippen LogP) is 3.20. The molecule has 22 heavy (non-hydrogen) atoms. The Hall–Kier alpha value is -2.79. The van der Waals surface area contributed by atoms with Crippen molar-refractivity contribution in [3.63, 3.8) is 0 Å². The molecule has 0 amide bonds. The van der Waals surface area contributed by atoms with Crippen LogP contribution in [0.4, 0.5) is 5.82 Å². The van der Waals surface area contributed by atoms with Crippen LogP contribution in [-0.4, -0.2) is 19.2 Å². The Morgan fingerprint density at radius 2 is 1.77 bits per heavy atom. The molecule has 0 aliphatic carbocycles. The summed E-state index contributed by atoms with van der Waals surface area (Å²) in [4.78, 5) is 4.60. The zero-order chi connectivity index (χ0) is 15.5. The number of hydrogen-bond donors (Lipinski definition) is 2. The topological polar surface area (TPSA) is 69.4 Å². The Morgan fingerprint density at radius 1 is 1.00 bits per heavy atom. The molecule has 3 aromatic rings. The number of hydrazine groups is 1. The summed E-state index contributed by atoms with van der Waals surface area (Å²) in [5, 5.41) is 0.925. The van der Waals surface area contributed by atoms with E-state index < -0.39 is 0 Å². The highest BCUT2D eigenvalue weighted by molar-refractivity contribution is 5.93. The molecule has 3 rings (SSSR count). The van der Waals surface area contributed by atoms with Crippen LogP contribution in [0, 0.1) is 0 Å². The smallest absolute Gasteiger partial charge is 0.148 e. The standard InChI is InChI=1S/C17H17N3O2/c1-21-13-8-12-9-14(11-6-4-3-5-7-11)17(20-18)19-16(12)15(10-13)22-2/h3-10H,18H2,1-2H3,(H,19,20). The van der Waals surface area contributed by atoms with Crippen LogP contribution >= 0.6 is 0 Å². The molecule has 1 aromatic heterocycles. The van der Waals surface area contributed by atoms with E-state index in [2.05, 4.69) is 10.4 Å². The Bertz CT molecular complexity index is 804. The van der Waals surface area contributed by atoms with Crippen LogP contribution in [0.1, 0.15) is 0 Å². The fourth-order valence-corrected chi connectivity index (χ4v) is 2.45. The summed E-state index contributed by atoms with van der Waals surface area (Å²) in [5.74, 6) is 7.61. The van der Waals surface area contributed by atoms with Crippen molar-refractivity contribution in [3.05, 3.63) is 48.5 Å². The van der Waals surface area contributed by atoms with Crippen LogP contribution in [0.2, 0.25) is 0 Å². The Labute approximate surface area is 128 Å². The van der Waals surface area contributed by atoms with Crippen LogP contribution in [0.15, 0.2) is 48.5 Å². The van der Waals surface area contributed by atoms with Gasteiger partial charge in [-0.3, -0.25) is 0 Å². The zero-order valence-corrected chi connectivity index (χ0v) is 12.5. The highest BCUT2D eigenvalue weighted by atomic mass is 16.5. The number of aromatic nitrogens is 1. The van der Waals surface area contributed by atoms with Crippen LogP contribution in [0.3, 0.4) is 0 Å². The van der Waals surface area contributed by atoms with Crippen molar-refractivity contribution in [2.45, 2.75) is 0 Å². The summed E-state index contributed by atoms with van der Waals surface area (Å²) in [6.45, 7) is 0. The van der Waals surface area contributed by atoms with Crippen molar-refractivity contribution in [2.24, 2.45) is 5.84 Å². The minimum Gasteiger partial charge on any atom is -0.497 e. The van der Waals surface area contributed by atoms with Gasteiger partial charge in [0.1, 0.15) is 22.8 Å². The Balaban J connectivity index is 2.30. The van der Waals surface area contributed by atoms with Gasteiger partial charge in [0.25, 0.3) is 0 Å². The van der Waals surface area contributed by atoms with Crippen molar-refractivity contribution in [2.75, 3.05) is 19.6 Å². The number of ether oxygens (including phenoxy) is 2. The van der Waals surface area contributed by atoms with Crippen LogP contribution in [0.5, 0.6) is 11.5 Å². The fourth-order valence-electron chi connectivity index (χ4n) is 2.45. The number of pyridine rings is 1. The number of nitrogen functional groups attached to an aromatic ring is 1. The van der Waals surface area contributed by atoms with Crippen molar-refractivity contribution in [1.82, 2.24) is 4.98 Å². The quantitative estimate of drug-likeness (QED) is 0.571. The third-order valence-corrected chi connectivity index (χ3v) is 3.53. The summed E-state index contributed by atoms with van der Waals surface area (Å²) in [7, 11) is 3.23. The molecule has 0 unspecified atom stereocenters. The number of hydrogen-bond acceptors (Lipinski definition) is 5. The van der Waals surface area contributed by atoms with Gasteiger partial charge in [0.2, 0.25) is 0 Å². The lowest BCUT2D eigenvalue weighted by atomic mass is 10.0. The van der Waals surface area contributed by atoms with E-state index >= 15 is 0 Å². The maximum atomic E-state index is 5.65. The predicted molar refractivity (Wildman–Crippen MR) is 88.1 cm³/mol. The van der Waals surface area contributed by atoms with Crippen molar-refractivity contribution in [1.29, 1.82) is 0 Å². The molecule has 1 heterocycles. The first-order chi connectivity index (χ1) is 10.8. The van der Waals surface area contributed by atoms with E-state index in [1.807, 2.05) is 42.5 Å². The van der Waals surface area contributed by atoms with E-state index in [-0.39, 0.29) is 0 Å². The van der Waals surface area contributed by atoms with Crippen molar-refractivity contribution < 1.29 is 9.47 Å². The SMILES string of the molecule is COc1cc(OC)c2nc(NN)c(-c3ccccc3)cc2c1. The second kappa shape index (κ2) is 5.91. The normalized spacial score (nSPS) is 10.5. The second-order valence-electron chi connectivity index (χ2n) is 4.80. The van der Waals surface area contributed by atoms with Gasteiger partial charge in [0.05, 0.1) is 14.2 Å². The van der Waals surface area contributed by atoms with E-state index in [0.29, 0.717) is 11.6 Å². The molecule has 0 atom stereocenters.